The number of nitrogens with zero attached hydrogens (tertiary/aromatic N) is 1. The summed E-state index contributed by atoms with van der Waals surface area (Å²) in [5.41, 5.74) is 3.23. The summed E-state index contributed by atoms with van der Waals surface area (Å²) < 4.78 is 44.6. The number of amides is 1. The van der Waals surface area contributed by atoms with Gasteiger partial charge in [-0.05, 0) is 41.8 Å². The summed E-state index contributed by atoms with van der Waals surface area (Å²) in [4.78, 5) is 14.6. The van der Waals surface area contributed by atoms with Crippen LogP contribution in [0.3, 0.4) is 0 Å². The first-order valence-electron chi connectivity index (χ1n) is 10.4. The van der Waals surface area contributed by atoms with Crippen LogP contribution in [0.4, 0.5) is 4.39 Å². The predicted octanol–water partition coefficient (Wildman–Crippen LogP) is 4.49. The minimum Gasteiger partial charge on any atom is -0.491 e. The normalized spacial score (nSPS) is 13.8. The van der Waals surface area contributed by atoms with E-state index >= 15 is 0 Å². The largest absolute Gasteiger partial charge is 0.491 e. The molecule has 0 radical (unpaired) electrons. The molecule has 1 aliphatic rings. The van der Waals surface area contributed by atoms with Gasteiger partial charge in [0.1, 0.15) is 23.1 Å². The van der Waals surface area contributed by atoms with Gasteiger partial charge < -0.3 is 9.64 Å². The zero-order valence-electron chi connectivity index (χ0n) is 18.0. The van der Waals surface area contributed by atoms with E-state index in [1.54, 1.807) is 11.8 Å². The van der Waals surface area contributed by atoms with E-state index in [-0.39, 0.29) is 28.4 Å². The summed E-state index contributed by atoms with van der Waals surface area (Å²) in [7, 11) is -3.73. The number of benzene rings is 3. The van der Waals surface area contributed by atoms with E-state index in [1.165, 1.54) is 12.1 Å². The summed E-state index contributed by atoms with van der Waals surface area (Å²) in [5.74, 6) is -0.477. The second kappa shape index (κ2) is 8.74. The molecule has 1 aliphatic heterocycles. The molecule has 32 heavy (non-hydrogen) atoms. The zero-order chi connectivity index (χ0) is 22.9. The van der Waals surface area contributed by atoms with Crippen molar-refractivity contribution in [1.29, 1.82) is 0 Å². The predicted molar refractivity (Wildman–Crippen MR) is 121 cm³/mol. The molecule has 0 fully saturated rings. The third-order valence-electron chi connectivity index (χ3n) is 5.63. The van der Waals surface area contributed by atoms with Crippen LogP contribution in [-0.4, -0.2) is 38.6 Å². The Morgan fingerprint density at radius 3 is 2.50 bits per heavy atom. The molecule has 0 bridgehead atoms. The molecule has 0 N–H and O–H groups in total. The Balaban J connectivity index is 1.69. The van der Waals surface area contributed by atoms with E-state index in [0.29, 0.717) is 25.4 Å². The van der Waals surface area contributed by atoms with Crippen LogP contribution >= 0.6 is 0 Å². The van der Waals surface area contributed by atoms with Crippen molar-refractivity contribution in [2.45, 2.75) is 24.8 Å². The van der Waals surface area contributed by atoms with Gasteiger partial charge in [0.05, 0.1) is 6.54 Å². The number of carbonyl (C=O) groups excluding carboxylic acids is 1. The van der Waals surface area contributed by atoms with E-state index < -0.39 is 15.7 Å². The third-order valence-corrected chi connectivity index (χ3v) is 6.74. The fourth-order valence-corrected chi connectivity index (χ4v) is 4.74. The van der Waals surface area contributed by atoms with Crippen LogP contribution in [0.2, 0.25) is 0 Å². The lowest BCUT2D eigenvalue weighted by Crippen LogP contribution is -2.33. The lowest BCUT2D eigenvalue weighted by atomic mass is 10.0. The van der Waals surface area contributed by atoms with Crippen LogP contribution in [0.25, 0.3) is 11.1 Å². The molecular formula is C25H24FNO4S. The zero-order valence-corrected chi connectivity index (χ0v) is 18.8. The smallest absolute Gasteiger partial charge is 0.254 e. The number of ether oxygens (including phenoxy) is 1. The first-order valence-corrected chi connectivity index (χ1v) is 12.3. The first-order chi connectivity index (χ1) is 15.3. The van der Waals surface area contributed by atoms with Crippen molar-refractivity contribution < 1.29 is 22.3 Å². The van der Waals surface area contributed by atoms with Crippen LogP contribution in [0.5, 0.6) is 5.75 Å². The molecule has 0 aromatic heterocycles. The molecular weight excluding hydrogens is 429 g/mol. The average Bonchev–Trinajstić information content (AvgIpc) is 3.00. The summed E-state index contributed by atoms with van der Waals surface area (Å²) in [5, 5.41) is 0. The Morgan fingerprint density at radius 2 is 1.81 bits per heavy atom. The minimum atomic E-state index is -3.73. The maximum atomic E-state index is 14.9. The molecule has 166 valence electrons. The number of halogens is 1. The van der Waals surface area contributed by atoms with E-state index in [1.807, 2.05) is 48.5 Å². The van der Waals surface area contributed by atoms with E-state index in [4.69, 9.17) is 4.74 Å². The van der Waals surface area contributed by atoms with Gasteiger partial charge in [-0.3, -0.25) is 4.79 Å². The summed E-state index contributed by atoms with van der Waals surface area (Å²) in [6.07, 6.45) is 1.16. The van der Waals surface area contributed by atoms with Gasteiger partial charge >= 0.3 is 0 Å². The summed E-state index contributed by atoms with van der Waals surface area (Å²) in [6, 6.07) is 18.4. The van der Waals surface area contributed by atoms with Crippen LogP contribution in [0, 0.1) is 5.82 Å². The molecule has 3 aromatic carbocycles. The SMILES string of the molecule is CCc1c(C(=O)N2CCOc3ccc(-c4ccccc4)cc3C2)ccc(S(C)(=O)=O)c1F. The van der Waals surface area contributed by atoms with Crippen molar-refractivity contribution in [1.82, 2.24) is 4.90 Å². The fourth-order valence-electron chi connectivity index (χ4n) is 3.98. The van der Waals surface area contributed by atoms with Crippen molar-refractivity contribution in [3.63, 3.8) is 0 Å². The van der Waals surface area contributed by atoms with Gasteiger partial charge in [0.25, 0.3) is 5.91 Å². The molecule has 0 atom stereocenters. The Morgan fingerprint density at radius 1 is 1.06 bits per heavy atom. The van der Waals surface area contributed by atoms with Crippen LogP contribution in [0.1, 0.15) is 28.4 Å². The Kier molecular flexibility index (Phi) is 6.02. The van der Waals surface area contributed by atoms with Crippen molar-refractivity contribution in [2.24, 2.45) is 0 Å². The van der Waals surface area contributed by atoms with Crippen LogP contribution < -0.4 is 4.74 Å². The second-order valence-electron chi connectivity index (χ2n) is 7.79. The number of fused-ring (bicyclic) bond motifs is 1. The number of carbonyl (C=O) groups is 1. The van der Waals surface area contributed by atoms with Gasteiger partial charge in [0.15, 0.2) is 9.84 Å². The maximum absolute atomic E-state index is 14.9. The van der Waals surface area contributed by atoms with Crippen molar-refractivity contribution in [3.8, 4) is 16.9 Å². The Labute approximate surface area is 187 Å². The lowest BCUT2D eigenvalue weighted by Gasteiger charge is -2.22. The van der Waals surface area contributed by atoms with Gasteiger partial charge in [-0.2, -0.15) is 0 Å². The van der Waals surface area contributed by atoms with Crippen LogP contribution in [-0.2, 0) is 22.8 Å². The van der Waals surface area contributed by atoms with Gasteiger partial charge in [-0.1, -0.05) is 43.3 Å². The summed E-state index contributed by atoms with van der Waals surface area (Å²) in [6.45, 7) is 2.67. The van der Waals surface area contributed by atoms with Crippen molar-refractivity contribution in [2.75, 3.05) is 19.4 Å². The molecule has 0 spiro atoms. The highest BCUT2D eigenvalue weighted by Gasteiger charge is 2.27. The van der Waals surface area contributed by atoms with Crippen molar-refractivity contribution >= 4 is 15.7 Å². The second-order valence-corrected chi connectivity index (χ2v) is 9.78. The molecule has 4 rings (SSSR count). The fraction of sp³-hybridized carbons (Fsp3) is 0.240. The molecule has 0 saturated carbocycles. The monoisotopic (exact) mass is 453 g/mol. The van der Waals surface area contributed by atoms with Crippen LogP contribution in [0.15, 0.2) is 65.6 Å². The highest BCUT2D eigenvalue weighted by molar-refractivity contribution is 7.90. The summed E-state index contributed by atoms with van der Waals surface area (Å²) >= 11 is 0. The third kappa shape index (κ3) is 4.25. The average molecular weight is 454 g/mol. The molecule has 1 heterocycles. The molecule has 0 saturated heterocycles. The van der Waals surface area contributed by atoms with E-state index in [9.17, 15) is 17.6 Å². The first kappa shape index (κ1) is 22.0. The highest BCUT2D eigenvalue weighted by Crippen LogP contribution is 2.30. The van der Waals surface area contributed by atoms with Gasteiger partial charge in [-0.25, -0.2) is 12.8 Å². The molecule has 0 aliphatic carbocycles. The van der Waals surface area contributed by atoms with Gasteiger partial charge in [0.2, 0.25) is 0 Å². The molecule has 0 unspecified atom stereocenters. The van der Waals surface area contributed by atoms with Gasteiger partial charge in [0, 0.05) is 29.5 Å². The van der Waals surface area contributed by atoms with E-state index in [0.717, 1.165) is 22.9 Å². The maximum Gasteiger partial charge on any atom is 0.254 e. The standard InChI is InChI=1S/C25H24FNO4S/c1-3-20-21(10-12-23(24(20)26)32(2,29)30)25(28)27-13-14-31-22-11-9-18(15-19(22)16-27)17-7-5-4-6-8-17/h4-12,15H,3,13-14,16H2,1-2H3. The van der Waals surface area contributed by atoms with E-state index in [2.05, 4.69) is 0 Å². The number of hydrogen-bond donors (Lipinski definition) is 0. The van der Waals surface area contributed by atoms with Gasteiger partial charge in [-0.15, -0.1) is 0 Å². The lowest BCUT2D eigenvalue weighted by molar-refractivity contribution is 0.0731. The molecule has 1 amide bonds. The Bertz CT molecular complexity index is 1270. The molecule has 5 nitrogen and oxygen atoms in total. The topological polar surface area (TPSA) is 63.7 Å². The number of sulfone groups is 1. The minimum absolute atomic E-state index is 0.112. The Hall–Kier alpha value is -3.19. The van der Waals surface area contributed by atoms with Crippen molar-refractivity contribution in [3.05, 3.63) is 83.2 Å². The quantitative estimate of drug-likeness (QED) is 0.584. The number of hydrogen-bond acceptors (Lipinski definition) is 4. The molecule has 7 heteroatoms. The highest BCUT2D eigenvalue weighted by atomic mass is 32.2. The molecule has 3 aromatic rings. The number of rotatable bonds is 4.